The van der Waals surface area contributed by atoms with Crippen molar-refractivity contribution in [3.63, 3.8) is 0 Å². The molecule has 0 aliphatic rings. The Bertz CT molecular complexity index is 336. The van der Waals surface area contributed by atoms with E-state index < -0.39 is 5.97 Å². The topological polar surface area (TPSA) is 46.5 Å². The normalized spacial score (nSPS) is 9.93. The van der Waals surface area contributed by atoms with Crippen LogP contribution in [0.2, 0.25) is 5.02 Å². The molecule has 0 bridgehead atoms. The Hall–Kier alpha value is -1.06. The zero-order valence-electron chi connectivity index (χ0n) is 7.79. The molecule has 1 rings (SSSR count). The first-order valence-corrected chi connectivity index (χ1v) is 4.63. The van der Waals surface area contributed by atoms with E-state index in [1.54, 1.807) is 19.1 Å². The molecule has 1 N–H and O–H groups in total. The first-order chi connectivity index (χ1) is 6.69. The number of aliphatic hydroxyl groups excluding tert-OH is 1. The maximum Gasteiger partial charge on any atom is 0.338 e. The summed E-state index contributed by atoms with van der Waals surface area (Å²) in [6.07, 6.45) is 0. The number of carbonyl (C=O) groups is 1. The summed E-state index contributed by atoms with van der Waals surface area (Å²) in [6.45, 7) is 1.88. The lowest BCUT2D eigenvalue weighted by atomic mass is 10.1. The summed E-state index contributed by atoms with van der Waals surface area (Å²) >= 11 is 5.77. The molecule has 1 aromatic carbocycles. The second-order valence-electron chi connectivity index (χ2n) is 2.68. The van der Waals surface area contributed by atoms with Crippen LogP contribution in [0.15, 0.2) is 18.2 Å². The van der Waals surface area contributed by atoms with Crippen molar-refractivity contribution in [3.8, 4) is 0 Å². The number of esters is 1. The van der Waals surface area contributed by atoms with Crippen molar-refractivity contribution >= 4 is 17.6 Å². The van der Waals surface area contributed by atoms with Gasteiger partial charge in [0.2, 0.25) is 0 Å². The minimum Gasteiger partial charge on any atom is -0.462 e. The van der Waals surface area contributed by atoms with E-state index in [-0.39, 0.29) is 6.61 Å². The highest BCUT2D eigenvalue weighted by Crippen LogP contribution is 2.17. The number of hydrogen-bond acceptors (Lipinski definition) is 3. The quantitative estimate of drug-likeness (QED) is 0.783. The number of ether oxygens (including phenoxy) is 1. The summed E-state index contributed by atoms with van der Waals surface area (Å²) in [7, 11) is 0. The minimum atomic E-state index is -0.404. The van der Waals surface area contributed by atoms with E-state index in [1.165, 1.54) is 6.07 Å². The largest absolute Gasteiger partial charge is 0.462 e. The summed E-state index contributed by atoms with van der Waals surface area (Å²) in [6, 6.07) is 4.67. The third-order valence-electron chi connectivity index (χ3n) is 1.73. The molecule has 0 aliphatic heterocycles. The van der Waals surface area contributed by atoms with Crippen LogP contribution in [0.3, 0.4) is 0 Å². The van der Waals surface area contributed by atoms with Gasteiger partial charge in [-0.05, 0) is 30.7 Å². The van der Waals surface area contributed by atoms with Crippen molar-refractivity contribution in [2.45, 2.75) is 13.5 Å². The van der Waals surface area contributed by atoms with Crippen molar-refractivity contribution in [2.24, 2.45) is 0 Å². The van der Waals surface area contributed by atoms with Crippen LogP contribution < -0.4 is 0 Å². The highest BCUT2D eigenvalue weighted by molar-refractivity contribution is 6.31. The second-order valence-corrected chi connectivity index (χ2v) is 3.09. The molecule has 4 heteroatoms. The van der Waals surface area contributed by atoms with Crippen LogP contribution in [0.5, 0.6) is 0 Å². The highest BCUT2D eigenvalue weighted by atomic mass is 35.5. The Balaban J connectivity index is 2.94. The fourth-order valence-electron chi connectivity index (χ4n) is 1.04. The van der Waals surface area contributed by atoms with Gasteiger partial charge in [-0.1, -0.05) is 11.6 Å². The average Bonchev–Trinajstić information content (AvgIpc) is 2.19. The van der Waals surface area contributed by atoms with Crippen LogP contribution in [0, 0.1) is 0 Å². The summed E-state index contributed by atoms with van der Waals surface area (Å²) in [5.41, 5.74) is 0.928. The average molecular weight is 215 g/mol. The van der Waals surface area contributed by atoms with Gasteiger partial charge in [-0.15, -0.1) is 0 Å². The van der Waals surface area contributed by atoms with E-state index in [0.717, 1.165) is 0 Å². The lowest BCUT2D eigenvalue weighted by molar-refractivity contribution is 0.0526. The fourth-order valence-corrected chi connectivity index (χ4v) is 1.21. The summed E-state index contributed by atoms with van der Waals surface area (Å²) in [5, 5.41) is 9.36. The van der Waals surface area contributed by atoms with Crippen LogP contribution >= 0.6 is 11.6 Å². The zero-order valence-corrected chi connectivity index (χ0v) is 8.54. The predicted molar refractivity (Wildman–Crippen MR) is 53.3 cm³/mol. The van der Waals surface area contributed by atoms with Gasteiger partial charge in [0.15, 0.2) is 0 Å². The lowest BCUT2D eigenvalue weighted by Gasteiger charge is -2.04. The molecule has 0 heterocycles. The van der Waals surface area contributed by atoms with Gasteiger partial charge in [0, 0.05) is 5.02 Å². The molecule has 76 valence electrons. The van der Waals surface area contributed by atoms with E-state index in [1.807, 2.05) is 0 Å². The number of rotatable bonds is 3. The summed E-state index contributed by atoms with van der Waals surface area (Å²) < 4.78 is 4.80. The third-order valence-corrected chi connectivity index (χ3v) is 2.10. The van der Waals surface area contributed by atoms with Gasteiger partial charge in [0.25, 0.3) is 0 Å². The number of halogens is 1. The first-order valence-electron chi connectivity index (χ1n) is 4.25. The van der Waals surface area contributed by atoms with Crippen LogP contribution in [-0.4, -0.2) is 17.7 Å². The Labute approximate surface area is 87.3 Å². The molecule has 1 aromatic rings. The van der Waals surface area contributed by atoms with E-state index in [0.29, 0.717) is 22.8 Å². The van der Waals surface area contributed by atoms with Gasteiger partial charge in [-0.3, -0.25) is 0 Å². The zero-order chi connectivity index (χ0) is 10.6. The van der Waals surface area contributed by atoms with Gasteiger partial charge < -0.3 is 9.84 Å². The van der Waals surface area contributed by atoms with E-state index in [2.05, 4.69) is 0 Å². The van der Waals surface area contributed by atoms with Crippen molar-refractivity contribution in [1.29, 1.82) is 0 Å². The fraction of sp³-hybridized carbons (Fsp3) is 0.300. The SMILES string of the molecule is CCOC(=O)c1ccc(Cl)c(CO)c1. The molecule has 0 radical (unpaired) electrons. The number of aliphatic hydroxyl groups is 1. The standard InChI is InChI=1S/C10H11ClO3/c1-2-14-10(13)7-3-4-9(11)8(5-7)6-12/h3-5,12H,2,6H2,1H3. The van der Waals surface area contributed by atoms with E-state index in [4.69, 9.17) is 21.4 Å². The lowest BCUT2D eigenvalue weighted by Crippen LogP contribution is -2.05. The maximum atomic E-state index is 11.3. The van der Waals surface area contributed by atoms with Crippen molar-refractivity contribution < 1.29 is 14.6 Å². The highest BCUT2D eigenvalue weighted by Gasteiger charge is 2.08. The van der Waals surface area contributed by atoms with Crippen LogP contribution in [0.25, 0.3) is 0 Å². The molecule has 0 spiro atoms. The molecule has 3 nitrogen and oxygen atoms in total. The molecule has 0 unspecified atom stereocenters. The molecule has 0 amide bonds. The van der Waals surface area contributed by atoms with Gasteiger partial charge in [0.1, 0.15) is 0 Å². The Morgan fingerprint density at radius 1 is 1.57 bits per heavy atom. The molecule has 0 saturated heterocycles. The van der Waals surface area contributed by atoms with Gasteiger partial charge in [-0.2, -0.15) is 0 Å². The Kier molecular flexibility index (Phi) is 3.92. The summed E-state index contributed by atoms with van der Waals surface area (Å²) in [4.78, 5) is 11.3. The maximum absolute atomic E-state index is 11.3. The second kappa shape index (κ2) is 4.98. The summed E-state index contributed by atoms with van der Waals surface area (Å²) in [5.74, 6) is -0.404. The van der Waals surface area contributed by atoms with Gasteiger partial charge in [0.05, 0.1) is 18.8 Å². The van der Waals surface area contributed by atoms with Crippen LogP contribution in [0.1, 0.15) is 22.8 Å². The molecular weight excluding hydrogens is 204 g/mol. The molecule has 0 aliphatic carbocycles. The third kappa shape index (κ3) is 2.47. The molecule has 0 fully saturated rings. The molecular formula is C10H11ClO3. The number of carbonyl (C=O) groups excluding carboxylic acids is 1. The van der Waals surface area contributed by atoms with E-state index in [9.17, 15) is 4.79 Å². The van der Waals surface area contributed by atoms with Crippen molar-refractivity contribution in [1.82, 2.24) is 0 Å². The minimum absolute atomic E-state index is 0.188. The monoisotopic (exact) mass is 214 g/mol. The molecule has 0 saturated carbocycles. The van der Waals surface area contributed by atoms with Gasteiger partial charge >= 0.3 is 5.97 Å². The molecule has 0 atom stereocenters. The Morgan fingerprint density at radius 3 is 2.86 bits per heavy atom. The number of hydrogen-bond donors (Lipinski definition) is 1. The molecule has 14 heavy (non-hydrogen) atoms. The van der Waals surface area contributed by atoms with Gasteiger partial charge in [-0.25, -0.2) is 4.79 Å². The van der Waals surface area contributed by atoms with Crippen molar-refractivity contribution in [3.05, 3.63) is 34.3 Å². The molecule has 0 aromatic heterocycles. The Morgan fingerprint density at radius 2 is 2.29 bits per heavy atom. The first kappa shape index (κ1) is 11.0. The smallest absolute Gasteiger partial charge is 0.338 e. The van der Waals surface area contributed by atoms with E-state index >= 15 is 0 Å². The van der Waals surface area contributed by atoms with Crippen LogP contribution in [-0.2, 0) is 11.3 Å². The van der Waals surface area contributed by atoms with Crippen LogP contribution in [0.4, 0.5) is 0 Å². The van der Waals surface area contributed by atoms with Crippen molar-refractivity contribution in [2.75, 3.05) is 6.61 Å². The number of benzene rings is 1. The predicted octanol–water partition coefficient (Wildman–Crippen LogP) is 2.01.